The molecule has 2 rings (SSSR count). The van der Waals surface area contributed by atoms with Gasteiger partial charge in [0.1, 0.15) is 0 Å². The molecule has 2 heteroatoms. The molecular weight excluding hydrogens is 233 g/mol. The van der Waals surface area contributed by atoms with E-state index in [1.165, 1.54) is 25.7 Å². The van der Waals surface area contributed by atoms with Crippen molar-refractivity contribution >= 4 is 13.3 Å². The van der Waals surface area contributed by atoms with Crippen molar-refractivity contribution in [2.24, 2.45) is 11.3 Å². The molecule has 0 amide bonds. The molecule has 2 saturated carbocycles. The Balaban J connectivity index is 2.17. The summed E-state index contributed by atoms with van der Waals surface area (Å²) in [5.74, 6) is 7.97. The van der Waals surface area contributed by atoms with Crippen molar-refractivity contribution in [3.8, 4) is 0 Å². The van der Waals surface area contributed by atoms with Gasteiger partial charge < -0.3 is 0 Å². The van der Waals surface area contributed by atoms with Crippen molar-refractivity contribution in [1.29, 1.82) is 0 Å². The second-order valence-corrected chi connectivity index (χ2v) is 16.7. The van der Waals surface area contributed by atoms with Crippen LogP contribution in [-0.4, -0.2) is 25.0 Å². The fourth-order valence-electron chi connectivity index (χ4n) is 3.06. The van der Waals surface area contributed by atoms with E-state index in [4.69, 9.17) is 0 Å². The van der Waals surface area contributed by atoms with Crippen LogP contribution in [0.2, 0.25) is 17.3 Å². The normalized spacial score (nSPS) is 39.7. The van der Waals surface area contributed by atoms with E-state index in [1.54, 1.807) is 5.57 Å². The van der Waals surface area contributed by atoms with E-state index in [9.17, 15) is 5.11 Å². The van der Waals surface area contributed by atoms with Crippen molar-refractivity contribution in [3.63, 3.8) is 0 Å². The molecule has 0 aliphatic heterocycles. The number of rotatable bonds is 2. The van der Waals surface area contributed by atoms with Crippen LogP contribution in [0.1, 0.15) is 25.7 Å². The summed E-state index contributed by atoms with van der Waals surface area (Å²) in [7, 11) is 0. The summed E-state index contributed by atoms with van der Waals surface area (Å²) in [4.78, 5) is 2.64. The zero-order valence-electron chi connectivity index (χ0n) is 9.64. The van der Waals surface area contributed by atoms with Gasteiger partial charge in [-0.2, -0.15) is 0 Å². The van der Waals surface area contributed by atoms with Crippen LogP contribution in [0.5, 0.6) is 0 Å². The number of hydrogen-bond donors (Lipinski definition) is 1. The van der Waals surface area contributed by atoms with Gasteiger partial charge in [-0.15, -0.1) is 0 Å². The molecule has 2 fully saturated rings. The van der Waals surface area contributed by atoms with Crippen LogP contribution >= 0.6 is 0 Å². The first kappa shape index (κ1) is 10.8. The third-order valence-corrected chi connectivity index (χ3v) is 6.32. The summed E-state index contributed by atoms with van der Waals surface area (Å²) >= 11 is -1.53. The monoisotopic (exact) mass is 256 g/mol. The Bertz CT molecular complexity index is 264. The number of aliphatic hydroxyl groups is 1. The summed E-state index contributed by atoms with van der Waals surface area (Å²) in [6.07, 6.45) is 5.30. The average Bonchev–Trinajstić information content (AvgIpc) is 2.63. The van der Waals surface area contributed by atoms with E-state index in [2.05, 4.69) is 22.2 Å². The van der Waals surface area contributed by atoms with Gasteiger partial charge in [0.2, 0.25) is 0 Å². The van der Waals surface area contributed by atoms with Gasteiger partial charge in [-0.25, -0.2) is 0 Å². The van der Waals surface area contributed by atoms with Crippen molar-refractivity contribution in [3.05, 3.63) is 10.5 Å². The van der Waals surface area contributed by atoms with Crippen LogP contribution in [0, 0.1) is 11.3 Å². The molecule has 0 aromatic rings. The molecule has 0 bridgehead atoms. The summed E-state index contributed by atoms with van der Waals surface area (Å²) in [5.41, 5.74) is 2.22. The summed E-state index contributed by atoms with van der Waals surface area (Å²) in [5, 5.41) is 9.24. The summed E-state index contributed by atoms with van der Waals surface area (Å²) < 4.78 is 0. The molecule has 0 aromatic heterocycles. The van der Waals surface area contributed by atoms with Gasteiger partial charge in [0.25, 0.3) is 0 Å². The molecule has 0 saturated heterocycles. The molecule has 1 N–H and O–H groups in total. The van der Waals surface area contributed by atoms with Gasteiger partial charge >= 0.3 is 89.7 Å². The van der Waals surface area contributed by atoms with E-state index in [0.29, 0.717) is 17.9 Å². The second-order valence-electron chi connectivity index (χ2n) is 6.13. The molecular formula is C12H22GeO. The Hall–Kier alpha value is 0.243. The molecule has 0 radical (unpaired) electrons. The van der Waals surface area contributed by atoms with Gasteiger partial charge in [-0.05, 0) is 0 Å². The first-order valence-electron chi connectivity index (χ1n) is 5.81. The Morgan fingerprint density at radius 1 is 1.50 bits per heavy atom. The Morgan fingerprint density at radius 2 is 2.21 bits per heavy atom. The molecule has 1 spiro atoms. The molecule has 2 aliphatic rings. The first-order valence-corrected chi connectivity index (χ1v) is 13.3. The van der Waals surface area contributed by atoms with Crippen LogP contribution in [0.25, 0.3) is 0 Å². The summed E-state index contributed by atoms with van der Waals surface area (Å²) in [6, 6.07) is 0. The molecule has 0 heterocycles. The van der Waals surface area contributed by atoms with Gasteiger partial charge in [-0.3, -0.25) is 0 Å². The molecule has 14 heavy (non-hydrogen) atoms. The zero-order valence-corrected chi connectivity index (χ0v) is 11.7. The van der Waals surface area contributed by atoms with Crippen molar-refractivity contribution < 1.29 is 5.11 Å². The predicted octanol–water partition coefficient (Wildman–Crippen LogP) is 2.97. The standard InChI is InChI=1S/C12H22GeO/c1-13(2,3)8-10-5-4-6-12(10)7-11(12)9-14/h8,11,14H,4-7,9H2,1-3H3/b10-8+/t11-,12+/m1/s1. The molecule has 1 nitrogen and oxygen atoms in total. The Labute approximate surface area is 89.9 Å². The molecule has 2 aliphatic carbocycles. The number of hydrogen-bond acceptors (Lipinski definition) is 1. The minimum absolute atomic E-state index is 0.411. The third-order valence-electron chi connectivity index (χ3n) is 3.77. The van der Waals surface area contributed by atoms with Crippen LogP contribution in [0.4, 0.5) is 0 Å². The van der Waals surface area contributed by atoms with Gasteiger partial charge in [-0.1, -0.05) is 0 Å². The van der Waals surface area contributed by atoms with Gasteiger partial charge in [0.15, 0.2) is 0 Å². The Morgan fingerprint density at radius 3 is 2.71 bits per heavy atom. The van der Waals surface area contributed by atoms with Gasteiger partial charge in [0.05, 0.1) is 0 Å². The fourth-order valence-corrected chi connectivity index (χ4v) is 6.16. The van der Waals surface area contributed by atoms with E-state index in [-0.39, 0.29) is 0 Å². The Kier molecular flexibility index (Phi) is 2.59. The third kappa shape index (κ3) is 1.81. The van der Waals surface area contributed by atoms with Crippen LogP contribution in [-0.2, 0) is 0 Å². The summed E-state index contributed by atoms with van der Waals surface area (Å²) in [6.45, 7) is 0.411. The average molecular weight is 255 g/mol. The number of allylic oxidation sites excluding steroid dienone is 1. The van der Waals surface area contributed by atoms with Crippen molar-refractivity contribution in [2.45, 2.75) is 43.0 Å². The van der Waals surface area contributed by atoms with E-state index in [0.717, 1.165) is 0 Å². The first-order chi connectivity index (χ1) is 6.48. The van der Waals surface area contributed by atoms with Crippen molar-refractivity contribution in [1.82, 2.24) is 0 Å². The SMILES string of the molecule is [CH3][Ge]([CH3])([CH3])/[CH]=C1\CCC[C@]12C[C@@H]2CO. The van der Waals surface area contributed by atoms with E-state index < -0.39 is 13.3 Å². The molecule has 0 aromatic carbocycles. The van der Waals surface area contributed by atoms with Crippen molar-refractivity contribution in [2.75, 3.05) is 6.61 Å². The quantitative estimate of drug-likeness (QED) is 0.752. The predicted molar refractivity (Wildman–Crippen MR) is 62.9 cm³/mol. The number of aliphatic hydroxyl groups excluding tert-OH is 1. The maximum absolute atomic E-state index is 9.24. The topological polar surface area (TPSA) is 20.2 Å². The van der Waals surface area contributed by atoms with Crippen LogP contribution < -0.4 is 0 Å². The minimum atomic E-state index is -1.53. The molecule has 80 valence electrons. The van der Waals surface area contributed by atoms with E-state index in [1.807, 2.05) is 0 Å². The second kappa shape index (κ2) is 3.38. The fraction of sp³-hybridized carbons (Fsp3) is 0.833. The molecule has 0 unspecified atom stereocenters. The van der Waals surface area contributed by atoms with E-state index >= 15 is 0 Å². The molecule has 2 atom stereocenters. The van der Waals surface area contributed by atoms with Gasteiger partial charge in [0, 0.05) is 0 Å². The van der Waals surface area contributed by atoms with Crippen LogP contribution in [0.3, 0.4) is 0 Å². The zero-order chi connectivity index (χ0) is 10.4. The maximum atomic E-state index is 9.24. The van der Waals surface area contributed by atoms with Crippen LogP contribution in [0.15, 0.2) is 10.5 Å².